The zero-order chi connectivity index (χ0) is 28.9. The van der Waals surface area contributed by atoms with E-state index in [0.29, 0.717) is 6.07 Å². The van der Waals surface area contributed by atoms with Gasteiger partial charge in [-0.15, -0.1) is 0 Å². The molecule has 10 nitrogen and oxygen atoms in total. The lowest BCUT2D eigenvalue weighted by atomic mass is 10.1. The number of benzene rings is 1. The highest BCUT2D eigenvalue weighted by molar-refractivity contribution is 5.98. The molecule has 0 unspecified atom stereocenters. The average Bonchev–Trinajstić information content (AvgIpc) is 3.39. The standard InChI is InChI=1S/C23H22F6N6O4/c1-22(2,38)20(37)34-7-13(24)14(8-34)33-19(36)11-5-10(3-4-16(11)39-21(25)26)15-6-12(23(27,28)29)17-18(30)31-9-32-35(15)17/h3-6,9,13-14,21,38H,7-8H2,1-2H3,(H,33,36)(H2,30,31,32)/t13-,14+/m0/s1. The molecular formula is C23H22F6N6O4. The van der Waals surface area contributed by atoms with Gasteiger partial charge in [-0.3, -0.25) is 9.59 Å². The fraction of sp³-hybridized carbons (Fsp3) is 0.391. The van der Waals surface area contributed by atoms with Gasteiger partial charge in [0.15, 0.2) is 5.82 Å². The minimum absolute atomic E-state index is 0.0626. The number of fused-ring (bicyclic) bond motifs is 1. The molecule has 2 atom stereocenters. The summed E-state index contributed by atoms with van der Waals surface area (Å²) in [5.74, 6) is -2.98. The highest BCUT2D eigenvalue weighted by Gasteiger charge is 2.41. The maximum atomic E-state index is 14.7. The van der Waals surface area contributed by atoms with Crippen LogP contribution in [0.25, 0.3) is 16.8 Å². The predicted molar refractivity (Wildman–Crippen MR) is 123 cm³/mol. The molecule has 3 heterocycles. The van der Waals surface area contributed by atoms with Crippen molar-refractivity contribution in [1.29, 1.82) is 0 Å². The molecule has 3 aromatic rings. The first-order chi connectivity index (χ1) is 18.1. The second-order valence-corrected chi connectivity index (χ2v) is 9.30. The number of anilines is 1. The van der Waals surface area contributed by atoms with E-state index in [9.17, 15) is 41.0 Å². The molecule has 0 aliphatic carbocycles. The van der Waals surface area contributed by atoms with E-state index >= 15 is 0 Å². The molecule has 1 fully saturated rings. The Morgan fingerprint density at radius 1 is 1.21 bits per heavy atom. The lowest BCUT2D eigenvalue weighted by Gasteiger charge is -2.24. The van der Waals surface area contributed by atoms with Crippen molar-refractivity contribution in [1.82, 2.24) is 24.8 Å². The van der Waals surface area contributed by atoms with E-state index in [1.807, 2.05) is 0 Å². The van der Waals surface area contributed by atoms with Gasteiger partial charge in [-0.1, -0.05) is 0 Å². The van der Waals surface area contributed by atoms with Crippen molar-refractivity contribution in [3.05, 3.63) is 41.7 Å². The quantitative estimate of drug-likeness (QED) is 0.395. The Morgan fingerprint density at radius 2 is 1.90 bits per heavy atom. The Hall–Kier alpha value is -4.08. The van der Waals surface area contributed by atoms with Crippen molar-refractivity contribution in [3.63, 3.8) is 0 Å². The Morgan fingerprint density at radius 3 is 2.51 bits per heavy atom. The Bertz CT molecular complexity index is 1420. The summed E-state index contributed by atoms with van der Waals surface area (Å²) < 4.78 is 87.1. The van der Waals surface area contributed by atoms with Crippen LogP contribution in [0.2, 0.25) is 0 Å². The Kier molecular flexibility index (Phi) is 7.10. The van der Waals surface area contributed by atoms with E-state index in [0.717, 1.165) is 33.9 Å². The van der Waals surface area contributed by atoms with Crippen molar-refractivity contribution in [2.45, 2.75) is 44.4 Å². The highest BCUT2D eigenvalue weighted by atomic mass is 19.4. The van der Waals surface area contributed by atoms with Crippen LogP contribution >= 0.6 is 0 Å². The molecule has 0 radical (unpaired) electrons. The largest absolute Gasteiger partial charge is 0.434 e. The minimum Gasteiger partial charge on any atom is -0.434 e. The first-order valence-electron chi connectivity index (χ1n) is 11.3. The van der Waals surface area contributed by atoms with Gasteiger partial charge in [-0.2, -0.15) is 27.1 Å². The number of amides is 2. The third-order valence-corrected chi connectivity index (χ3v) is 6.00. The van der Waals surface area contributed by atoms with Gasteiger partial charge in [-0.25, -0.2) is 13.9 Å². The van der Waals surface area contributed by atoms with Gasteiger partial charge in [0.2, 0.25) is 0 Å². The van der Waals surface area contributed by atoms with Crippen LogP contribution < -0.4 is 15.8 Å². The van der Waals surface area contributed by atoms with Gasteiger partial charge in [-0.05, 0) is 38.1 Å². The molecular weight excluding hydrogens is 538 g/mol. The molecule has 1 aliphatic rings. The number of aliphatic hydroxyl groups is 1. The number of hydrogen-bond acceptors (Lipinski definition) is 7. The number of hydrogen-bond donors (Lipinski definition) is 3. The maximum Gasteiger partial charge on any atom is 0.418 e. The fourth-order valence-electron chi connectivity index (χ4n) is 4.25. The minimum atomic E-state index is -4.85. The number of likely N-dealkylation sites (tertiary alicyclic amines) is 1. The first kappa shape index (κ1) is 27.9. The summed E-state index contributed by atoms with van der Waals surface area (Å²) >= 11 is 0. The van der Waals surface area contributed by atoms with E-state index in [1.165, 1.54) is 13.8 Å². The highest BCUT2D eigenvalue weighted by Crippen LogP contribution is 2.39. The second kappa shape index (κ2) is 9.91. The molecule has 1 saturated heterocycles. The number of rotatable bonds is 6. The van der Waals surface area contributed by atoms with E-state index in [-0.39, 0.29) is 17.8 Å². The lowest BCUT2D eigenvalue weighted by molar-refractivity contribution is -0.146. The summed E-state index contributed by atoms with van der Waals surface area (Å²) in [7, 11) is 0. The first-order valence-corrected chi connectivity index (χ1v) is 11.3. The normalized spacial score (nSPS) is 18.2. The summed E-state index contributed by atoms with van der Waals surface area (Å²) in [6.45, 7) is -1.70. The van der Waals surface area contributed by atoms with Gasteiger partial charge in [0, 0.05) is 12.1 Å². The van der Waals surface area contributed by atoms with Crippen LogP contribution in [0.15, 0.2) is 30.6 Å². The van der Waals surface area contributed by atoms with Crippen LogP contribution in [0.3, 0.4) is 0 Å². The van der Waals surface area contributed by atoms with Gasteiger partial charge in [0.25, 0.3) is 11.8 Å². The van der Waals surface area contributed by atoms with E-state index in [4.69, 9.17) is 5.73 Å². The number of carbonyl (C=O) groups excluding carboxylic acids is 2. The molecule has 2 aromatic heterocycles. The molecule has 0 bridgehead atoms. The molecule has 2 amide bonds. The molecule has 4 N–H and O–H groups in total. The van der Waals surface area contributed by atoms with Crippen LogP contribution in [-0.4, -0.2) is 73.9 Å². The van der Waals surface area contributed by atoms with Crippen molar-refractivity contribution in [3.8, 4) is 17.0 Å². The monoisotopic (exact) mass is 560 g/mol. The second-order valence-electron chi connectivity index (χ2n) is 9.30. The molecule has 1 aromatic carbocycles. The number of alkyl halides is 6. The van der Waals surface area contributed by atoms with Crippen LogP contribution in [0.1, 0.15) is 29.8 Å². The lowest BCUT2D eigenvalue weighted by Crippen LogP contribution is -2.46. The van der Waals surface area contributed by atoms with Gasteiger partial charge < -0.3 is 25.8 Å². The van der Waals surface area contributed by atoms with Crippen LogP contribution in [0.4, 0.5) is 32.2 Å². The Labute approximate surface area is 216 Å². The zero-order valence-corrected chi connectivity index (χ0v) is 20.3. The molecule has 16 heteroatoms. The molecule has 39 heavy (non-hydrogen) atoms. The molecule has 0 saturated carbocycles. The third kappa shape index (κ3) is 5.55. The van der Waals surface area contributed by atoms with E-state index in [2.05, 4.69) is 20.1 Å². The fourth-order valence-corrected chi connectivity index (χ4v) is 4.25. The van der Waals surface area contributed by atoms with Gasteiger partial charge in [0.1, 0.15) is 29.4 Å². The topological polar surface area (TPSA) is 135 Å². The third-order valence-electron chi connectivity index (χ3n) is 6.00. The number of aromatic nitrogens is 3. The van der Waals surface area contributed by atoms with Crippen molar-refractivity contribution >= 4 is 23.1 Å². The van der Waals surface area contributed by atoms with Crippen molar-refractivity contribution in [2.75, 3.05) is 18.8 Å². The molecule has 4 rings (SSSR count). The summed E-state index contributed by atoms with van der Waals surface area (Å²) in [6.07, 6.45) is -5.70. The smallest absolute Gasteiger partial charge is 0.418 e. The van der Waals surface area contributed by atoms with Crippen LogP contribution in [0.5, 0.6) is 5.75 Å². The van der Waals surface area contributed by atoms with Crippen LogP contribution in [-0.2, 0) is 11.0 Å². The number of nitrogens with zero attached hydrogens (tertiary/aromatic N) is 4. The molecule has 210 valence electrons. The predicted octanol–water partition coefficient (Wildman–Crippen LogP) is 2.65. The number of nitrogens with one attached hydrogen (secondary N) is 1. The summed E-state index contributed by atoms with van der Waals surface area (Å²) in [5.41, 5.74) is 1.32. The van der Waals surface area contributed by atoms with E-state index in [1.54, 1.807) is 0 Å². The number of nitrogen functional groups attached to an aromatic ring is 1. The number of carbonyl (C=O) groups is 2. The van der Waals surface area contributed by atoms with Crippen molar-refractivity contribution in [2.24, 2.45) is 0 Å². The summed E-state index contributed by atoms with van der Waals surface area (Å²) in [5, 5.41) is 16.0. The van der Waals surface area contributed by atoms with Crippen molar-refractivity contribution < 1.29 is 45.8 Å². The SMILES string of the molecule is CC(C)(O)C(=O)N1C[C@H](F)[C@H](NC(=O)c2cc(-c3cc(C(F)(F)F)c4c(N)ncnn34)ccc2OC(F)F)C1. The van der Waals surface area contributed by atoms with E-state index < -0.39 is 77.2 Å². The number of halogens is 6. The molecule has 1 aliphatic heterocycles. The maximum absolute atomic E-state index is 14.7. The summed E-state index contributed by atoms with van der Waals surface area (Å²) in [4.78, 5) is 30.0. The number of nitrogens with two attached hydrogens (primary N) is 1. The van der Waals surface area contributed by atoms with Gasteiger partial charge >= 0.3 is 12.8 Å². The van der Waals surface area contributed by atoms with Gasteiger partial charge in [0.05, 0.1) is 29.4 Å². The summed E-state index contributed by atoms with van der Waals surface area (Å²) in [6, 6.07) is 2.49. The zero-order valence-electron chi connectivity index (χ0n) is 20.3. The number of ether oxygens (including phenoxy) is 1. The molecule has 0 spiro atoms. The Balaban J connectivity index is 1.72. The average molecular weight is 560 g/mol. The van der Waals surface area contributed by atoms with Crippen LogP contribution in [0, 0.1) is 0 Å².